The number of aromatic carboxylic acids is 2. The van der Waals surface area contributed by atoms with Crippen molar-refractivity contribution in [2.75, 3.05) is 0 Å². The number of carboxylic acid groups (broad SMARTS) is 2. The van der Waals surface area contributed by atoms with E-state index >= 15 is 0 Å². The molecule has 18 heavy (non-hydrogen) atoms. The quantitative estimate of drug-likeness (QED) is 0.350. The second-order valence-electron chi connectivity index (χ2n) is 2.62. The van der Waals surface area contributed by atoms with Crippen LogP contribution >= 0.6 is 115 Å². The largest absolute Gasteiger partial charge is 0.478 e. The van der Waals surface area contributed by atoms with Gasteiger partial charge in [0.25, 0.3) is 0 Å². The molecule has 0 aromatic heterocycles. The number of benzene rings is 1. The summed E-state index contributed by atoms with van der Waals surface area (Å²) in [5, 5.41) is 18.1. The summed E-state index contributed by atoms with van der Waals surface area (Å²) in [6.45, 7) is 0. The Hall–Kier alpha value is 1.66. The van der Waals surface area contributed by atoms with Crippen molar-refractivity contribution in [3.8, 4) is 0 Å². The fourth-order valence-corrected chi connectivity index (χ4v) is 5.12. The lowest BCUT2D eigenvalue weighted by Crippen LogP contribution is -2.13. The molecule has 10 heteroatoms. The van der Waals surface area contributed by atoms with Crippen LogP contribution in [0, 0.1) is 14.3 Å². The molecule has 0 amide bonds. The fourth-order valence-electron chi connectivity index (χ4n) is 1.01. The molecule has 0 aliphatic heterocycles. The maximum absolute atomic E-state index is 11.1. The van der Waals surface area contributed by atoms with Crippen LogP contribution in [0.1, 0.15) is 20.7 Å². The first-order chi connectivity index (χ1) is 7.29. The van der Waals surface area contributed by atoms with Crippen molar-refractivity contribution in [1.29, 1.82) is 0 Å². The summed E-state index contributed by atoms with van der Waals surface area (Å²) >= 11 is 7.45. The van der Waals surface area contributed by atoms with Crippen LogP contribution in [0.15, 0.2) is 0 Å². The fraction of sp³-hybridized carbons (Fsp3) is 0. The van der Waals surface area contributed by atoms with Crippen LogP contribution in [0.25, 0.3) is 0 Å². The second-order valence-corrected chi connectivity index (χ2v) is 6.93. The van der Waals surface area contributed by atoms with Crippen LogP contribution in [-0.2, 0) is 0 Å². The van der Waals surface area contributed by atoms with Crippen LogP contribution < -0.4 is 0 Å². The van der Waals surface area contributed by atoms with Gasteiger partial charge in [-0.2, -0.15) is 0 Å². The third-order valence-electron chi connectivity index (χ3n) is 1.69. The van der Waals surface area contributed by atoms with Crippen molar-refractivity contribution in [1.82, 2.24) is 0 Å². The first-order valence-electron chi connectivity index (χ1n) is 3.61. The number of carboxylic acids is 2. The van der Waals surface area contributed by atoms with Crippen molar-refractivity contribution in [3.05, 3.63) is 25.4 Å². The van der Waals surface area contributed by atoms with E-state index in [1.165, 1.54) is 0 Å². The predicted octanol–water partition coefficient (Wildman–Crippen LogP) is 4.34. The second kappa shape index (κ2) is 8.84. The standard InChI is InChI=1S/C8H2I4O4.2ClH/c9-3-1(7(13)14)4(10)6(12)2(5(3)11)8(15)16;;/h(H,13,14)(H,15,16);2*1H. The van der Waals surface area contributed by atoms with Crippen molar-refractivity contribution >= 4 is 127 Å². The van der Waals surface area contributed by atoms with Gasteiger partial charge in [0.05, 0.1) is 11.1 Å². The Morgan fingerprint density at radius 3 is 0.944 bits per heavy atom. The highest BCUT2D eigenvalue weighted by Crippen LogP contribution is 2.32. The minimum Gasteiger partial charge on any atom is -0.478 e. The lowest BCUT2D eigenvalue weighted by atomic mass is 10.1. The highest BCUT2D eigenvalue weighted by Gasteiger charge is 2.25. The zero-order valence-electron chi connectivity index (χ0n) is 8.04. The first-order valence-corrected chi connectivity index (χ1v) is 7.93. The summed E-state index contributed by atoms with van der Waals surface area (Å²) in [5.74, 6) is -2.08. The van der Waals surface area contributed by atoms with Crippen molar-refractivity contribution in [2.45, 2.75) is 0 Å². The average molecular weight is 743 g/mol. The van der Waals surface area contributed by atoms with E-state index in [4.69, 9.17) is 10.2 Å². The van der Waals surface area contributed by atoms with Gasteiger partial charge in [-0.25, -0.2) is 9.59 Å². The summed E-state index contributed by atoms with van der Waals surface area (Å²) < 4.78 is 1.86. The maximum Gasteiger partial charge on any atom is 0.337 e. The first kappa shape index (κ1) is 21.9. The van der Waals surface area contributed by atoms with Gasteiger partial charge in [0.2, 0.25) is 0 Å². The van der Waals surface area contributed by atoms with Gasteiger partial charge < -0.3 is 10.2 Å². The minimum atomic E-state index is -1.04. The summed E-state index contributed by atoms with van der Waals surface area (Å²) in [5.41, 5.74) is 0.333. The van der Waals surface area contributed by atoms with Crippen molar-refractivity contribution in [3.63, 3.8) is 0 Å². The van der Waals surface area contributed by atoms with Crippen LogP contribution in [0.4, 0.5) is 0 Å². The zero-order chi connectivity index (χ0) is 12.6. The molecule has 0 saturated heterocycles. The smallest absolute Gasteiger partial charge is 0.337 e. The number of carbonyl (C=O) groups is 2. The van der Waals surface area contributed by atoms with E-state index in [-0.39, 0.29) is 35.9 Å². The molecule has 0 radical (unpaired) electrons. The van der Waals surface area contributed by atoms with E-state index in [0.29, 0.717) is 14.3 Å². The van der Waals surface area contributed by atoms with E-state index in [2.05, 4.69) is 0 Å². The molecule has 0 spiro atoms. The number of hydrogen-bond donors (Lipinski definition) is 2. The molecule has 0 bridgehead atoms. The Morgan fingerprint density at radius 1 is 0.667 bits per heavy atom. The normalized spacial score (nSPS) is 9.11. The predicted molar refractivity (Wildman–Crippen MR) is 106 cm³/mol. The molecule has 0 saturated carbocycles. The topological polar surface area (TPSA) is 74.6 Å². The van der Waals surface area contributed by atoms with Crippen LogP contribution in [0.5, 0.6) is 0 Å². The highest BCUT2D eigenvalue weighted by molar-refractivity contribution is 14.1. The Balaban J connectivity index is 0. The van der Waals surface area contributed by atoms with Gasteiger partial charge in [0.15, 0.2) is 0 Å². The van der Waals surface area contributed by atoms with Crippen LogP contribution in [-0.4, -0.2) is 22.2 Å². The summed E-state index contributed by atoms with van der Waals surface area (Å²) in [6.07, 6.45) is 0. The molecule has 4 nitrogen and oxygen atoms in total. The van der Waals surface area contributed by atoms with Crippen LogP contribution in [0.2, 0.25) is 0 Å². The van der Waals surface area contributed by atoms with Crippen LogP contribution in [0.3, 0.4) is 0 Å². The summed E-state index contributed by atoms with van der Waals surface area (Å²) in [7, 11) is 0. The summed E-state index contributed by atoms with van der Waals surface area (Å²) in [6, 6.07) is 0. The molecule has 0 heterocycles. The van der Waals surface area contributed by atoms with Gasteiger partial charge in [-0.3, -0.25) is 0 Å². The van der Waals surface area contributed by atoms with Gasteiger partial charge in [-0.1, -0.05) is 0 Å². The molecular formula is C8H4Cl2I4O4. The molecule has 1 aromatic rings. The zero-order valence-corrected chi connectivity index (χ0v) is 18.3. The maximum atomic E-state index is 11.1. The monoisotopic (exact) mass is 742 g/mol. The molecule has 0 aliphatic rings. The van der Waals surface area contributed by atoms with E-state index in [0.717, 1.165) is 0 Å². The third kappa shape index (κ3) is 4.33. The molecule has 2 N–H and O–H groups in total. The van der Waals surface area contributed by atoms with E-state index in [9.17, 15) is 9.59 Å². The lowest BCUT2D eigenvalue weighted by Gasteiger charge is -2.11. The molecule has 0 unspecified atom stereocenters. The van der Waals surface area contributed by atoms with Gasteiger partial charge in [0.1, 0.15) is 0 Å². The average Bonchev–Trinajstić information content (AvgIpc) is 2.14. The number of hydrogen-bond acceptors (Lipinski definition) is 2. The van der Waals surface area contributed by atoms with Crippen molar-refractivity contribution < 1.29 is 19.8 Å². The number of halogens is 6. The Labute approximate surface area is 169 Å². The minimum absolute atomic E-state index is 0. The molecule has 0 aliphatic carbocycles. The summed E-state index contributed by atoms with van der Waals surface area (Å²) in [4.78, 5) is 22.1. The van der Waals surface area contributed by atoms with E-state index in [1.807, 2.05) is 90.4 Å². The van der Waals surface area contributed by atoms with Gasteiger partial charge in [-0.05, 0) is 90.4 Å². The van der Waals surface area contributed by atoms with Gasteiger partial charge in [-0.15, -0.1) is 24.8 Å². The Morgan fingerprint density at radius 2 is 0.833 bits per heavy atom. The third-order valence-corrected chi connectivity index (χ3v) is 8.07. The molecular weight excluding hydrogens is 739 g/mol. The molecule has 0 fully saturated rings. The van der Waals surface area contributed by atoms with E-state index < -0.39 is 11.9 Å². The Bertz CT molecular complexity index is 432. The van der Waals surface area contributed by atoms with E-state index in [1.54, 1.807) is 0 Å². The molecule has 1 rings (SSSR count). The highest BCUT2D eigenvalue weighted by atomic mass is 127. The van der Waals surface area contributed by atoms with Gasteiger partial charge in [0, 0.05) is 14.3 Å². The van der Waals surface area contributed by atoms with Gasteiger partial charge >= 0.3 is 11.9 Å². The molecule has 1 aromatic carbocycles. The molecule has 0 atom stereocenters. The SMILES string of the molecule is Cl.Cl.O=C(O)c1c(I)c(I)c(C(=O)O)c(I)c1I. The van der Waals surface area contributed by atoms with Crippen molar-refractivity contribution in [2.24, 2.45) is 0 Å². The Kier molecular flexibility index (Phi) is 10.8. The number of rotatable bonds is 2. The molecule has 102 valence electrons. The lowest BCUT2D eigenvalue weighted by molar-refractivity contribution is 0.0677.